The van der Waals surface area contributed by atoms with Crippen LogP contribution in [0.3, 0.4) is 0 Å². The van der Waals surface area contributed by atoms with Crippen molar-refractivity contribution in [3.8, 4) is 0 Å². The predicted octanol–water partition coefficient (Wildman–Crippen LogP) is 2.78. The van der Waals surface area contributed by atoms with Crippen LogP contribution in [0.2, 0.25) is 0 Å². The summed E-state index contributed by atoms with van der Waals surface area (Å²) in [6.07, 6.45) is 1.46. The first-order valence-corrected chi connectivity index (χ1v) is 7.11. The minimum absolute atomic E-state index is 0.0455. The fraction of sp³-hybridized carbons (Fsp3) is 0.385. The van der Waals surface area contributed by atoms with Crippen LogP contribution in [0.4, 0.5) is 4.39 Å². The molecule has 0 aliphatic heterocycles. The minimum Gasteiger partial charge on any atom is -0.339 e. The van der Waals surface area contributed by atoms with Crippen LogP contribution < -0.4 is 5.73 Å². The fourth-order valence-electron chi connectivity index (χ4n) is 1.50. The summed E-state index contributed by atoms with van der Waals surface area (Å²) in [5.41, 5.74) is 5.82. The van der Waals surface area contributed by atoms with Crippen molar-refractivity contribution < 1.29 is 8.91 Å². The summed E-state index contributed by atoms with van der Waals surface area (Å²) in [5, 5.41) is 3.88. The molecule has 1 unspecified atom stereocenters. The summed E-state index contributed by atoms with van der Waals surface area (Å²) in [6, 6.07) is 6.48. The van der Waals surface area contributed by atoms with E-state index in [2.05, 4.69) is 10.1 Å². The number of benzene rings is 1. The van der Waals surface area contributed by atoms with Gasteiger partial charge in [-0.15, -0.1) is 11.8 Å². The molecular formula is C13H16FN3OS. The van der Waals surface area contributed by atoms with Crippen molar-refractivity contribution in [2.75, 3.05) is 0 Å². The molecule has 1 aromatic heterocycles. The summed E-state index contributed by atoms with van der Waals surface area (Å²) in [6.45, 7) is 2.02. The second-order valence-corrected chi connectivity index (χ2v) is 5.27. The Kier molecular flexibility index (Phi) is 4.93. The summed E-state index contributed by atoms with van der Waals surface area (Å²) >= 11 is 1.47. The summed E-state index contributed by atoms with van der Waals surface area (Å²) < 4.78 is 18.1. The zero-order valence-corrected chi connectivity index (χ0v) is 11.5. The molecule has 102 valence electrons. The van der Waals surface area contributed by atoms with Crippen molar-refractivity contribution in [2.45, 2.75) is 36.5 Å². The Labute approximate surface area is 115 Å². The molecule has 0 aliphatic rings. The lowest BCUT2D eigenvalue weighted by atomic mass is 10.2. The summed E-state index contributed by atoms with van der Waals surface area (Å²) in [7, 11) is 0. The Balaban J connectivity index is 1.90. The van der Waals surface area contributed by atoms with E-state index >= 15 is 0 Å². The van der Waals surface area contributed by atoms with Gasteiger partial charge < -0.3 is 10.3 Å². The number of hydrogen-bond donors (Lipinski definition) is 1. The smallest absolute Gasteiger partial charge is 0.228 e. The molecular weight excluding hydrogens is 265 g/mol. The van der Waals surface area contributed by atoms with Crippen LogP contribution in [0.1, 0.15) is 25.1 Å². The Morgan fingerprint density at radius 3 is 3.05 bits per heavy atom. The molecule has 0 saturated heterocycles. The summed E-state index contributed by atoms with van der Waals surface area (Å²) in [5.74, 6) is 1.47. The second kappa shape index (κ2) is 6.68. The number of rotatable bonds is 6. The first-order valence-electron chi connectivity index (χ1n) is 6.12. The fourth-order valence-corrected chi connectivity index (χ4v) is 2.29. The van der Waals surface area contributed by atoms with Crippen molar-refractivity contribution in [1.82, 2.24) is 10.1 Å². The van der Waals surface area contributed by atoms with E-state index in [4.69, 9.17) is 10.3 Å². The Bertz CT molecular complexity index is 532. The number of thioether (sulfide) groups is 1. The van der Waals surface area contributed by atoms with E-state index in [0.29, 0.717) is 23.9 Å². The van der Waals surface area contributed by atoms with E-state index in [1.807, 2.05) is 13.0 Å². The van der Waals surface area contributed by atoms with Crippen LogP contribution in [0.15, 0.2) is 33.7 Å². The first-order chi connectivity index (χ1) is 9.17. The average molecular weight is 281 g/mol. The Morgan fingerprint density at radius 2 is 2.32 bits per heavy atom. The van der Waals surface area contributed by atoms with Gasteiger partial charge in [-0.3, -0.25) is 0 Å². The van der Waals surface area contributed by atoms with Crippen LogP contribution in [0.25, 0.3) is 0 Å². The predicted molar refractivity (Wildman–Crippen MR) is 72.2 cm³/mol. The Morgan fingerprint density at radius 1 is 1.47 bits per heavy atom. The van der Waals surface area contributed by atoms with Gasteiger partial charge in [0.15, 0.2) is 5.82 Å². The van der Waals surface area contributed by atoms with Crippen molar-refractivity contribution in [2.24, 2.45) is 5.73 Å². The van der Waals surface area contributed by atoms with Gasteiger partial charge in [0.05, 0.1) is 5.75 Å². The maximum Gasteiger partial charge on any atom is 0.228 e. The van der Waals surface area contributed by atoms with Crippen molar-refractivity contribution in [3.05, 3.63) is 41.8 Å². The molecule has 0 fully saturated rings. The Hall–Kier alpha value is -1.40. The lowest BCUT2D eigenvalue weighted by Crippen LogP contribution is -2.21. The first kappa shape index (κ1) is 14.0. The average Bonchev–Trinajstić information content (AvgIpc) is 2.84. The van der Waals surface area contributed by atoms with Crippen LogP contribution >= 0.6 is 11.8 Å². The molecule has 0 saturated carbocycles. The van der Waals surface area contributed by atoms with Crippen molar-refractivity contribution in [3.63, 3.8) is 0 Å². The lowest BCUT2D eigenvalue weighted by Gasteiger charge is -2.02. The van der Waals surface area contributed by atoms with Crippen LogP contribution in [-0.2, 0) is 12.2 Å². The van der Waals surface area contributed by atoms with Gasteiger partial charge in [-0.1, -0.05) is 18.1 Å². The molecule has 1 aromatic carbocycles. The number of nitrogens with two attached hydrogens (primary N) is 1. The second-order valence-electron chi connectivity index (χ2n) is 4.22. The van der Waals surface area contributed by atoms with Gasteiger partial charge in [-0.25, -0.2) is 4.39 Å². The van der Waals surface area contributed by atoms with Gasteiger partial charge in [0.1, 0.15) is 5.82 Å². The molecule has 0 spiro atoms. The molecule has 2 aromatic rings. The molecule has 0 amide bonds. The number of hydrogen-bond acceptors (Lipinski definition) is 5. The van der Waals surface area contributed by atoms with Crippen LogP contribution in [0, 0.1) is 5.82 Å². The lowest BCUT2D eigenvalue weighted by molar-refractivity contribution is 0.364. The van der Waals surface area contributed by atoms with E-state index in [0.717, 1.165) is 11.3 Å². The monoisotopic (exact) mass is 281 g/mol. The van der Waals surface area contributed by atoms with E-state index < -0.39 is 0 Å². The van der Waals surface area contributed by atoms with Gasteiger partial charge in [0.2, 0.25) is 5.89 Å². The highest BCUT2D eigenvalue weighted by atomic mass is 32.2. The standard InChI is InChI=1S/C13H16FN3OS/c1-2-10(15)7-13-16-12(17-18-13)8-19-11-5-3-4-9(14)6-11/h3-6,10H,2,7-8,15H2,1H3. The van der Waals surface area contributed by atoms with E-state index in [1.54, 1.807) is 6.07 Å². The van der Waals surface area contributed by atoms with Gasteiger partial charge in [0.25, 0.3) is 0 Å². The third kappa shape index (κ3) is 4.33. The van der Waals surface area contributed by atoms with E-state index in [9.17, 15) is 4.39 Å². The highest BCUT2D eigenvalue weighted by Gasteiger charge is 2.10. The number of nitrogens with zero attached hydrogens (tertiary/aromatic N) is 2. The molecule has 6 heteroatoms. The van der Waals surface area contributed by atoms with Crippen molar-refractivity contribution >= 4 is 11.8 Å². The van der Waals surface area contributed by atoms with Gasteiger partial charge >= 0.3 is 0 Å². The maximum absolute atomic E-state index is 13.0. The zero-order chi connectivity index (χ0) is 13.7. The van der Waals surface area contributed by atoms with E-state index in [1.165, 1.54) is 23.9 Å². The van der Waals surface area contributed by atoms with Crippen molar-refractivity contribution in [1.29, 1.82) is 0 Å². The normalized spacial score (nSPS) is 12.6. The van der Waals surface area contributed by atoms with E-state index in [-0.39, 0.29) is 11.9 Å². The van der Waals surface area contributed by atoms with Gasteiger partial charge in [-0.2, -0.15) is 4.98 Å². The third-order valence-corrected chi connectivity index (χ3v) is 3.63. The maximum atomic E-state index is 13.0. The molecule has 19 heavy (non-hydrogen) atoms. The molecule has 0 radical (unpaired) electrons. The highest BCUT2D eigenvalue weighted by Crippen LogP contribution is 2.22. The van der Waals surface area contributed by atoms with Gasteiger partial charge in [-0.05, 0) is 24.6 Å². The molecule has 1 heterocycles. The molecule has 2 N–H and O–H groups in total. The number of aromatic nitrogens is 2. The molecule has 0 bridgehead atoms. The number of halogens is 1. The zero-order valence-electron chi connectivity index (χ0n) is 10.7. The minimum atomic E-state index is -0.243. The molecule has 1 atom stereocenters. The molecule has 2 rings (SSSR count). The molecule has 0 aliphatic carbocycles. The van der Waals surface area contributed by atoms with Crippen LogP contribution in [0.5, 0.6) is 0 Å². The van der Waals surface area contributed by atoms with Gasteiger partial charge in [0, 0.05) is 17.4 Å². The molecule has 4 nitrogen and oxygen atoms in total. The largest absolute Gasteiger partial charge is 0.339 e. The quantitative estimate of drug-likeness (QED) is 0.825. The third-order valence-electron chi connectivity index (χ3n) is 2.64. The SMILES string of the molecule is CCC(N)Cc1nc(CSc2cccc(F)c2)no1. The summed E-state index contributed by atoms with van der Waals surface area (Å²) in [4.78, 5) is 5.11. The highest BCUT2D eigenvalue weighted by molar-refractivity contribution is 7.98. The van der Waals surface area contributed by atoms with Crippen LogP contribution in [-0.4, -0.2) is 16.2 Å². The topological polar surface area (TPSA) is 64.9 Å².